The van der Waals surface area contributed by atoms with E-state index in [9.17, 15) is 18.0 Å². The molecule has 1 aromatic carbocycles. The first-order valence-corrected chi connectivity index (χ1v) is 6.38. The number of carbonyl (C=O) groups excluding carboxylic acids is 1. The largest absolute Gasteiger partial charge is 0.461 e. The minimum Gasteiger partial charge on any atom is -0.461 e. The Morgan fingerprint density at radius 1 is 1.45 bits per heavy atom. The summed E-state index contributed by atoms with van der Waals surface area (Å²) in [6.45, 7) is 0.749. The van der Waals surface area contributed by atoms with Crippen molar-refractivity contribution in [3.05, 3.63) is 34.9 Å². The summed E-state index contributed by atoms with van der Waals surface area (Å²) in [5, 5.41) is 14.0. The van der Waals surface area contributed by atoms with Crippen molar-refractivity contribution in [1.29, 1.82) is 0 Å². The van der Waals surface area contributed by atoms with Crippen LogP contribution in [0.1, 0.15) is 16.7 Å². The van der Waals surface area contributed by atoms with Gasteiger partial charge in [0.2, 0.25) is 0 Å². The van der Waals surface area contributed by atoms with E-state index in [2.05, 4.69) is 10.5 Å². The molecule has 1 fully saturated rings. The maximum atomic E-state index is 13.0. The molecule has 2 rings (SSSR count). The second kappa shape index (κ2) is 6.22. The Morgan fingerprint density at radius 2 is 2.14 bits per heavy atom. The van der Waals surface area contributed by atoms with E-state index in [0.29, 0.717) is 13.1 Å². The van der Waals surface area contributed by atoms with Crippen LogP contribution in [0.3, 0.4) is 0 Å². The van der Waals surface area contributed by atoms with Gasteiger partial charge in [-0.25, -0.2) is 0 Å². The van der Waals surface area contributed by atoms with E-state index >= 15 is 0 Å². The zero-order valence-corrected chi connectivity index (χ0v) is 11.4. The van der Waals surface area contributed by atoms with Gasteiger partial charge in [0.05, 0.1) is 11.5 Å². The molecule has 6 nitrogen and oxygen atoms in total. The average molecular weight is 317 g/mol. The van der Waals surface area contributed by atoms with Crippen LogP contribution in [0.5, 0.6) is 0 Å². The number of rotatable bonds is 4. The van der Waals surface area contributed by atoms with Gasteiger partial charge >= 0.3 is 12.1 Å². The van der Waals surface area contributed by atoms with Gasteiger partial charge in [-0.1, -0.05) is 17.3 Å². The summed E-state index contributed by atoms with van der Waals surface area (Å²) in [4.78, 5) is 11.5. The van der Waals surface area contributed by atoms with E-state index in [-0.39, 0.29) is 18.1 Å². The number of nitrogens with zero attached hydrogens (tertiary/aromatic N) is 1. The van der Waals surface area contributed by atoms with Gasteiger partial charge < -0.3 is 21.0 Å². The molecule has 1 aliphatic rings. The Balaban J connectivity index is 2.17. The van der Waals surface area contributed by atoms with Gasteiger partial charge in [0, 0.05) is 18.7 Å². The Kier molecular flexibility index (Phi) is 4.55. The van der Waals surface area contributed by atoms with E-state index in [0.717, 1.165) is 12.1 Å². The lowest BCUT2D eigenvalue weighted by Crippen LogP contribution is -2.47. The van der Waals surface area contributed by atoms with E-state index in [1.54, 1.807) is 0 Å². The van der Waals surface area contributed by atoms with Crippen molar-refractivity contribution >= 4 is 11.8 Å². The molecule has 0 bridgehead atoms. The number of hydrogen-bond acceptors (Lipinski definition) is 5. The van der Waals surface area contributed by atoms with Crippen molar-refractivity contribution in [1.82, 2.24) is 5.32 Å². The molecule has 0 radical (unpaired) electrons. The molecule has 0 unspecified atom stereocenters. The van der Waals surface area contributed by atoms with Gasteiger partial charge in [-0.15, -0.1) is 0 Å². The number of halogens is 3. The van der Waals surface area contributed by atoms with Crippen LogP contribution in [0.15, 0.2) is 23.4 Å². The zero-order valence-electron chi connectivity index (χ0n) is 11.4. The maximum absolute atomic E-state index is 13.0. The zero-order chi connectivity index (χ0) is 16.3. The number of hydrogen-bond donors (Lipinski definition) is 3. The topological polar surface area (TPSA) is 96.9 Å². The van der Waals surface area contributed by atoms with Crippen LogP contribution in [0.25, 0.3) is 0 Å². The molecule has 1 aromatic rings. The fraction of sp³-hybridized carbons (Fsp3) is 0.385. The van der Waals surface area contributed by atoms with Crippen molar-refractivity contribution in [2.24, 2.45) is 16.8 Å². The summed E-state index contributed by atoms with van der Waals surface area (Å²) < 4.78 is 44.0. The van der Waals surface area contributed by atoms with Crippen molar-refractivity contribution < 1.29 is 27.9 Å². The third kappa shape index (κ3) is 3.48. The van der Waals surface area contributed by atoms with E-state index in [1.165, 1.54) is 6.07 Å². The molecule has 0 aliphatic carbocycles. The molecule has 120 valence electrons. The summed E-state index contributed by atoms with van der Waals surface area (Å²) in [5.74, 6) is -1.34. The van der Waals surface area contributed by atoms with Gasteiger partial charge in [-0.3, -0.25) is 4.79 Å². The number of alkyl halides is 3. The SMILES string of the molecule is NC(=NO)c1ccc(COC(=O)C2CNC2)cc1C(F)(F)F. The lowest BCUT2D eigenvalue weighted by molar-refractivity contribution is -0.151. The average Bonchev–Trinajstić information content (AvgIpc) is 2.41. The van der Waals surface area contributed by atoms with Crippen molar-refractivity contribution in [2.45, 2.75) is 12.8 Å². The molecule has 9 heteroatoms. The van der Waals surface area contributed by atoms with Crippen molar-refractivity contribution in [2.75, 3.05) is 13.1 Å². The number of ether oxygens (including phenoxy) is 1. The number of carbonyl (C=O) groups is 1. The molecule has 0 amide bonds. The van der Waals surface area contributed by atoms with Crippen LogP contribution in [0, 0.1) is 5.92 Å². The summed E-state index contributed by atoms with van der Waals surface area (Å²) in [6, 6.07) is 3.22. The molecule has 0 saturated carbocycles. The third-order valence-electron chi connectivity index (χ3n) is 3.27. The quantitative estimate of drug-likeness (QED) is 0.254. The lowest BCUT2D eigenvalue weighted by atomic mass is 10.0. The number of amidine groups is 1. The van der Waals surface area contributed by atoms with Crippen LogP contribution >= 0.6 is 0 Å². The predicted molar refractivity (Wildman–Crippen MR) is 70.1 cm³/mol. The number of benzene rings is 1. The second-order valence-electron chi connectivity index (χ2n) is 4.83. The molecule has 1 heterocycles. The molecule has 1 saturated heterocycles. The highest BCUT2D eigenvalue weighted by Crippen LogP contribution is 2.33. The maximum Gasteiger partial charge on any atom is 0.417 e. The summed E-state index contributed by atoms with van der Waals surface area (Å²) in [7, 11) is 0. The summed E-state index contributed by atoms with van der Waals surface area (Å²) in [6.07, 6.45) is -4.68. The Hall–Kier alpha value is -2.29. The third-order valence-corrected chi connectivity index (χ3v) is 3.27. The predicted octanol–water partition coefficient (Wildman–Crippen LogP) is 1.06. The lowest BCUT2D eigenvalue weighted by Gasteiger charge is -2.24. The smallest absolute Gasteiger partial charge is 0.417 e. The molecular formula is C13H14F3N3O3. The van der Waals surface area contributed by atoms with E-state index < -0.39 is 29.1 Å². The highest BCUT2D eigenvalue weighted by molar-refractivity contribution is 5.98. The molecule has 22 heavy (non-hydrogen) atoms. The Morgan fingerprint density at radius 3 is 2.64 bits per heavy atom. The Labute approximate surface area is 123 Å². The number of oxime groups is 1. The number of nitrogens with one attached hydrogen (secondary N) is 1. The first-order valence-electron chi connectivity index (χ1n) is 6.38. The van der Waals surface area contributed by atoms with E-state index in [4.69, 9.17) is 15.7 Å². The molecule has 4 N–H and O–H groups in total. The van der Waals surface area contributed by atoms with Crippen molar-refractivity contribution in [3.8, 4) is 0 Å². The molecule has 0 aromatic heterocycles. The van der Waals surface area contributed by atoms with Gasteiger partial charge in [-0.2, -0.15) is 13.2 Å². The normalized spacial score (nSPS) is 16.2. The van der Waals surface area contributed by atoms with Crippen LogP contribution in [0.4, 0.5) is 13.2 Å². The van der Waals surface area contributed by atoms with Crippen LogP contribution < -0.4 is 11.1 Å². The Bertz CT molecular complexity index is 598. The van der Waals surface area contributed by atoms with Gasteiger partial charge in [0.1, 0.15) is 6.61 Å². The van der Waals surface area contributed by atoms with Gasteiger partial charge in [0.15, 0.2) is 5.84 Å². The van der Waals surface area contributed by atoms with E-state index in [1.807, 2.05) is 0 Å². The summed E-state index contributed by atoms with van der Waals surface area (Å²) >= 11 is 0. The van der Waals surface area contributed by atoms with Gasteiger partial charge in [0.25, 0.3) is 0 Å². The number of nitrogens with two attached hydrogens (primary N) is 1. The fourth-order valence-electron chi connectivity index (χ4n) is 1.92. The van der Waals surface area contributed by atoms with Crippen molar-refractivity contribution in [3.63, 3.8) is 0 Å². The molecular weight excluding hydrogens is 303 g/mol. The second-order valence-corrected chi connectivity index (χ2v) is 4.83. The first-order chi connectivity index (χ1) is 10.3. The minimum absolute atomic E-state index is 0.169. The highest BCUT2D eigenvalue weighted by atomic mass is 19.4. The summed E-state index contributed by atoms with van der Waals surface area (Å²) in [5.41, 5.74) is 3.92. The highest BCUT2D eigenvalue weighted by Gasteiger charge is 2.35. The standard InChI is InChI=1S/C13H14F3N3O3/c14-13(15,16)10-3-7(1-2-9(10)11(17)19-21)6-22-12(20)8-4-18-5-8/h1-3,8,18,21H,4-6H2,(H2,17,19). The number of esters is 1. The monoisotopic (exact) mass is 317 g/mol. The van der Waals surface area contributed by atoms with Crippen LogP contribution in [-0.4, -0.2) is 30.1 Å². The molecule has 1 aliphatic heterocycles. The minimum atomic E-state index is -4.68. The van der Waals surface area contributed by atoms with Crippen LogP contribution in [-0.2, 0) is 22.3 Å². The molecule has 0 spiro atoms. The molecule has 0 atom stereocenters. The fourth-order valence-corrected chi connectivity index (χ4v) is 1.92. The first kappa shape index (κ1) is 16.1. The van der Waals surface area contributed by atoms with Gasteiger partial charge in [-0.05, 0) is 11.6 Å². The van der Waals surface area contributed by atoms with Crippen LogP contribution in [0.2, 0.25) is 0 Å².